The van der Waals surface area contributed by atoms with E-state index in [2.05, 4.69) is 18.2 Å². The molecule has 7 heteroatoms. The first-order valence-corrected chi connectivity index (χ1v) is 12.6. The Balaban J connectivity index is 1.37. The maximum absolute atomic E-state index is 13.2. The largest absolute Gasteiger partial charge is 0.480 e. The molecule has 1 saturated heterocycles. The van der Waals surface area contributed by atoms with Crippen molar-refractivity contribution in [3.05, 3.63) is 105 Å². The Hall–Kier alpha value is -3.48. The zero-order chi connectivity index (χ0) is 25.2. The molecule has 2 aliphatic rings. The number of carbonyl (C=O) groups is 2. The van der Waals surface area contributed by atoms with Gasteiger partial charge >= 0.3 is 5.97 Å². The van der Waals surface area contributed by atoms with Gasteiger partial charge in [0.1, 0.15) is 6.04 Å². The molecule has 1 atom stereocenters. The van der Waals surface area contributed by atoms with Crippen LogP contribution in [0, 0.1) is 0 Å². The molecule has 36 heavy (non-hydrogen) atoms. The number of piperidine rings is 1. The monoisotopic (exact) mass is 501 g/mol. The van der Waals surface area contributed by atoms with Crippen LogP contribution in [0.15, 0.2) is 66.4 Å². The smallest absolute Gasteiger partial charge is 0.320 e. The van der Waals surface area contributed by atoms with E-state index >= 15 is 0 Å². The number of carboxylic acids is 1. The normalized spacial score (nSPS) is 16.1. The van der Waals surface area contributed by atoms with Crippen LogP contribution >= 0.6 is 11.6 Å². The minimum Gasteiger partial charge on any atom is -0.480 e. The predicted octanol–water partition coefficient (Wildman–Crippen LogP) is 4.53. The summed E-state index contributed by atoms with van der Waals surface area (Å²) >= 11 is 6.33. The van der Waals surface area contributed by atoms with Crippen LogP contribution in [0.2, 0.25) is 5.02 Å². The third-order valence-corrected chi connectivity index (χ3v) is 7.34. The Kier molecular flexibility index (Phi) is 6.90. The lowest BCUT2D eigenvalue weighted by Crippen LogP contribution is -2.36. The number of amides is 1. The number of aliphatic carboxylic acids is 1. The van der Waals surface area contributed by atoms with Gasteiger partial charge in [0.05, 0.1) is 5.69 Å². The summed E-state index contributed by atoms with van der Waals surface area (Å²) in [5.41, 5.74) is 14.3. The first-order chi connectivity index (χ1) is 17.4. The average molecular weight is 502 g/mol. The van der Waals surface area contributed by atoms with Gasteiger partial charge in [-0.05, 0) is 84.7 Å². The molecule has 1 fully saturated rings. The molecule has 3 N–H and O–H groups in total. The molecule has 0 saturated carbocycles. The van der Waals surface area contributed by atoms with Gasteiger partial charge in [-0.3, -0.25) is 14.6 Å². The van der Waals surface area contributed by atoms with E-state index in [0.29, 0.717) is 18.7 Å². The van der Waals surface area contributed by atoms with Crippen LogP contribution in [0.25, 0.3) is 5.57 Å². The lowest BCUT2D eigenvalue weighted by atomic mass is 9.88. The number of nitrogens with two attached hydrogens (primary N) is 1. The molecule has 6 nitrogen and oxygen atoms in total. The first kappa shape index (κ1) is 24.2. The van der Waals surface area contributed by atoms with Crippen LogP contribution < -0.4 is 5.73 Å². The molecule has 184 valence electrons. The average Bonchev–Trinajstić information content (AvgIpc) is 3.05. The van der Waals surface area contributed by atoms with Gasteiger partial charge in [-0.1, -0.05) is 41.4 Å². The van der Waals surface area contributed by atoms with E-state index in [0.717, 1.165) is 42.0 Å². The molecule has 1 aromatic heterocycles. The van der Waals surface area contributed by atoms with E-state index in [9.17, 15) is 9.59 Å². The zero-order valence-corrected chi connectivity index (χ0v) is 20.7. The van der Waals surface area contributed by atoms with Gasteiger partial charge < -0.3 is 15.7 Å². The highest BCUT2D eigenvalue weighted by molar-refractivity contribution is 6.30. The second kappa shape index (κ2) is 10.2. The third-order valence-electron chi connectivity index (χ3n) is 7.11. The van der Waals surface area contributed by atoms with E-state index in [-0.39, 0.29) is 12.3 Å². The number of aromatic nitrogens is 1. The van der Waals surface area contributed by atoms with Gasteiger partial charge in [-0.25, -0.2) is 0 Å². The van der Waals surface area contributed by atoms with Crippen LogP contribution in [0.5, 0.6) is 0 Å². The number of benzene rings is 2. The fourth-order valence-electron chi connectivity index (χ4n) is 5.17. The minimum atomic E-state index is -1.04. The predicted molar refractivity (Wildman–Crippen MR) is 140 cm³/mol. The number of likely N-dealkylation sites (tertiary alicyclic amines) is 1. The number of carbonyl (C=O) groups excluding carboxylic acids is 1. The topological polar surface area (TPSA) is 96.5 Å². The van der Waals surface area contributed by atoms with Crippen molar-refractivity contribution >= 4 is 29.1 Å². The summed E-state index contributed by atoms with van der Waals surface area (Å²) < 4.78 is 0. The molecule has 3 aromatic rings. The lowest BCUT2D eigenvalue weighted by molar-refractivity contribution is -0.138. The van der Waals surface area contributed by atoms with Crippen molar-refractivity contribution in [1.29, 1.82) is 0 Å². The summed E-state index contributed by atoms with van der Waals surface area (Å²) in [6.45, 7) is 1.27. The molecule has 2 heterocycles. The SMILES string of the molecule is N[C@@H](Cc1ccc(C(=O)N2CCC(=C3c4ccc(Cl)cc4CCc4cccnc43)CC2)cc1)C(=O)O. The number of pyridine rings is 1. The van der Waals surface area contributed by atoms with Crippen LogP contribution in [0.3, 0.4) is 0 Å². The molecule has 5 rings (SSSR count). The number of carboxylic acid groups (broad SMARTS) is 1. The Bertz CT molecular complexity index is 1340. The Labute approximate surface area is 215 Å². The van der Waals surface area contributed by atoms with E-state index in [1.54, 1.807) is 24.3 Å². The van der Waals surface area contributed by atoms with Gasteiger partial charge in [0, 0.05) is 35.4 Å². The zero-order valence-electron chi connectivity index (χ0n) is 19.9. The van der Waals surface area contributed by atoms with Gasteiger partial charge in [-0.2, -0.15) is 0 Å². The summed E-state index contributed by atoms with van der Waals surface area (Å²) in [4.78, 5) is 30.8. The van der Waals surface area contributed by atoms with E-state index in [4.69, 9.17) is 27.4 Å². The van der Waals surface area contributed by atoms with Crippen molar-refractivity contribution < 1.29 is 14.7 Å². The highest BCUT2D eigenvalue weighted by Crippen LogP contribution is 2.38. The first-order valence-electron chi connectivity index (χ1n) is 12.2. The lowest BCUT2D eigenvalue weighted by Gasteiger charge is -2.30. The summed E-state index contributed by atoms with van der Waals surface area (Å²) in [7, 11) is 0. The Morgan fingerprint density at radius 1 is 1.00 bits per heavy atom. The van der Waals surface area contributed by atoms with Crippen molar-refractivity contribution in [3.8, 4) is 0 Å². The quantitative estimate of drug-likeness (QED) is 0.547. The molecule has 1 amide bonds. The second-order valence-electron chi connectivity index (χ2n) is 9.43. The Morgan fingerprint density at radius 3 is 2.44 bits per heavy atom. The molecule has 0 radical (unpaired) electrons. The summed E-state index contributed by atoms with van der Waals surface area (Å²) in [6, 6.07) is 16.4. The van der Waals surface area contributed by atoms with Crippen LogP contribution in [0.1, 0.15) is 51.1 Å². The fraction of sp³-hybridized carbons (Fsp3) is 0.276. The van der Waals surface area contributed by atoms with E-state index in [1.807, 2.05) is 23.2 Å². The van der Waals surface area contributed by atoms with Gasteiger partial charge in [0.15, 0.2) is 0 Å². The highest BCUT2D eigenvalue weighted by atomic mass is 35.5. The maximum Gasteiger partial charge on any atom is 0.320 e. The molecule has 1 aliphatic carbocycles. The number of hydrogen-bond donors (Lipinski definition) is 2. The minimum absolute atomic E-state index is 0.0142. The molecule has 0 bridgehead atoms. The van der Waals surface area contributed by atoms with Crippen molar-refractivity contribution in [2.45, 2.75) is 38.1 Å². The molecule has 0 unspecified atom stereocenters. The molecule has 2 aromatic carbocycles. The highest BCUT2D eigenvalue weighted by Gasteiger charge is 2.27. The molecular formula is C29H28ClN3O3. The number of hydrogen-bond acceptors (Lipinski definition) is 4. The summed E-state index contributed by atoms with van der Waals surface area (Å²) in [5, 5.41) is 9.75. The number of rotatable bonds is 4. The van der Waals surface area contributed by atoms with Crippen molar-refractivity contribution in [1.82, 2.24) is 9.88 Å². The van der Waals surface area contributed by atoms with Gasteiger partial charge in [0.2, 0.25) is 0 Å². The van der Waals surface area contributed by atoms with Crippen LogP contribution in [-0.2, 0) is 24.1 Å². The van der Waals surface area contributed by atoms with Crippen molar-refractivity contribution in [2.75, 3.05) is 13.1 Å². The Morgan fingerprint density at radius 2 is 1.72 bits per heavy atom. The second-order valence-corrected chi connectivity index (χ2v) is 9.87. The molecular weight excluding hydrogens is 474 g/mol. The number of fused-ring (bicyclic) bond motifs is 2. The number of nitrogens with zero attached hydrogens (tertiary/aromatic N) is 2. The van der Waals surface area contributed by atoms with Crippen LogP contribution in [0.4, 0.5) is 0 Å². The third kappa shape index (κ3) is 4.92. The van der Waals surface area contributed by atoms with Gasteiger partial charge in [0.25, 0.3) is 5.91 Å². The van der Waals surface area contributed by atoms with Gasteiger partial charge in [-0.15, -0.1) is 0 Å². The number of halogens is 1. The molecule has 0 spiro atoms. The van der Waals surface area contributed by atoms with E-state index < -0.39 is 12.0 Å². The van der Waals surface area contributed by atoms with Crippen molar-refractivity contribution in [3.63, 3.8) is 0 Å². The fourth-order valence-corrected chi connectivity index (χ4v) is 5.36. The maximum atomic E-state index is 13.2. The van der Waals surface area contributed by atoms with E-state index in [1.165, 1.54) is 27.8 Å². The number of aryl methyl sites for hydroxylation is 2. The van der Waals surface area contributed by atoms with Crippen LogP contribution in [-0.4, -0.2) is 46.0 Å². The van der Waals surface area contributed by atoms with Crippen molar-refractivity contribution in [2.24, 2.45) is 5.73 Å². The standard InChI is InChI=1S/C29H28ClN3O3/c30-23-9-10-24-22(17-23)8-7-20-2-1-13-32-27(20)26(24)19-11-14-33(15-12-19)28(34)21-5-3-18(4-6-21)16-25(31)29(35)36/h1-6,9-10,13,17,25H,7-8,11-12,14-16,31H2,(H,35,36)/t25-/m0/s1. The molecule has 1 aliphatic heterocycles. The summed E-state index contributed by atoms with van der Waals surface area (Å²) in [5.74, 6) is -1.05. The summed E-state index contributed by atoms with van der Waals surface area (Å²) in [6.07, 6.45) is 5.49.